The lowest BCUT2D eigenvalue weighted by molar-refractivity contribution is -0.136. The molecule has 4 rings (SSSR count). The van der Waals surface area contributed by atoms with Gasteiger partial charge in [-0.25, -0.2) is 0 Å². The number of hydrogen-bond acceptors (Lipinski definition) is 6. The maximum atomic E-state index is 13.0. The highest BCUT2D eigenvalue weighted by Crippen LogP contribution is 2.29. The van der Waals surface area contributed by atoms with Crippen LogP contribution >= 0.6 is 11.6 Å². The van der Waals surface area contributed by atoms with Gasteiger partial charge in [-0.05, 0) is 57.7 Å². The van der Waals surface area contributed by atoms with E-state index in [1.807, 2.05) is 43.9 Å². The summed E-state index contributed by atoms with van der Waals surface area (Å²) in [6.45, 7) is 8.29. The fourth-order valence-electron chi connectivity index (χ4n) is 5.24. The molecule has 0 bridgehead atoms. The van der Waals surface area contributed by atoms with Gasteiger partial charge in [0.2, 0.25) is 5.91 Å². The first kappa shape index (κ1) is 26.5. The molecule has 1 aliphatic carbocycles. The molecular weight excluding hydrogens is 480 g/mol. The quantitative estimate of drug-likeness (QED) is 0.539. The molecule has 0 radical (unpaired) electrons. The van der Waals surface area contributed by atoms with E-state index in [1.165, 1.54) is 0 Å². The number of piperidine rings is 1. The van der Waals surface area contributed by atoms with E-state index in [1.54, 1.807) is 4.90 Å². The highest BCUT2D eigenvalue weighted by Gasteiger charge is 2.31. The summed E-state index contributed by atoms with van der Waals surface area (Å²) in [7, 11) is 0. The minimum absolute atomic E-state index is 0.0225. The van der Waals surface area contributed by atoms with E-state index in [9.17, 15) is 9.59 Å². The largest absolute Gasteiger partial charge is 0.489 e. The molecular formula is C27H37ClN4O4. The summed E-state index contributed by atoms with van der Waals surface area (Å²) in [6, 6.07) is 5.77. The molecule has 1 aromatic carbocycles. The number of ether oxygens (including phenoxy) is 2. The molecule has 2 saturated heterocycles. The van der Waals surface area contributed by atoms with Crippen molar-refractivity contribution in [3.8, 4) is 5.75 Å². The van der Waals surface area contributed by atoms with Crippen LogP contribution in [0.1, 0.15) is 51.5 Å². The number of carbonyl (C=O) groups is 2. The zero-order valence-corrected chi connectivity index (χ0v) is 22.2. The molecule has 0 saturated carbocycles. The van der Waals surface area contributed by atoms with E-state index in [0.29, 0.717) is 43.4 Å². The van der Waals surface area contributed by atoms with Crippen molar-refractivity contribution in [1.82, 2.24) is 15.1 Å². The monoisotopic (exact) mass is 516 g/mol. The second-order valence-corrected chi connectivity index (χ2v) is 10.5. The maximum absolute atomic E-state index is 13.0. The summed E-state index contributed by atoms with van der Waals surface area (Å²) in [5.41, 5.74) is 2.71. The summed E-state index contributed by atoms with van der Waals surface area (Å²) in [6.07, 6.45) is 3.76. The van der Waals surface area contributed by atoms with Gasteiger partial charge >= 0.3 is 0 Å². The molecule has 8 nitrogen and oxygen atoms in total. The van der Waals surface area contributed by atoms with Gasteiger partial charge in [-0.3, -0.25) is 15.0 Å². The molecule has 2 N–H and O–H groups in total. The van der Waals surface area contributed by atoms with Crippen LogP contribution in [0.15, 0.2) is 29.5 Å². The Balaban J connectivity index is 1.27. The SMILES string of the molecule is Cc1ccc(OC2CCN(C(=O)CNC3=C(C(=N)C(=O)N4C[C@@H](C)O[C@@H](C)C4)CCC3)CC2)c(Cl)c1. The lowest BCUT2D eigenvalue weighted by atomic mass is 10.1. The Morgan fingerprint density at radius 2 is 1.83 bits per heavy atom. The molecule has 3 aliphatic rings. The average Bonchev–Trinajstić information content (AvgIpc) is 3.32. The number of hydrogen-bond donors (Lipinski definition) is 2. The first-order valence-electron chi connectivity index (χ1n) is 12.9. The minimum Gasteiger partial charge on any atom is -0.489 e. The predicted molar refractivity (Wildman–Crippen MR) is 140 cm³/mol. The molecule has 2 amide bonds. The fraction of sp³-hybridized carbons (Fsp3) is 0.593. The van der Waals surface area contributed by atoms with Gasteiger partial charge in [0.15, 0.2) is 0 Å². The number of aryl methyl sites for hydroxylation is 1. The highest BCUT2D eigenvalue weighted by molar-refractivity contribution is 6.44. The Hall–Kier alpha value is -2.58. The number of allylic oxidation sites excluding steroid dienone is 1. The maximum Gasteiger partial charge on any atom is 0.272 e. The molecule has 0 unspecified atom stereocenters. The first-order valence-corrected chi connectivity index (χ1v) is 13.3. The molecule has 1 aromatic rings. The number of likely N-dealkylation sites (tertiary alicyclic amines) is 1. The third-order valence-corrected chi connectivity index (χ3v) is 7.36. The van der Waals surface area contributed by atoms with Gasteiger partial charge in [0.05, 0.1) is 23.8 Å². The molecule has 2 fully saturated rings. The van der Waals surface area contributed by atoms with Crippen LogP contribution in [0.5, 0.6) is 5.75 Å². The molecule has 2 heterocycles. The first-order chi connectivity index (χ1) is 17.2. The van der Waals surface area contributed by atoms with E-state index in [2.05, 4.69) is 5.32 Å². The lowest BCUT2D eigenvalue weighted by Crippen LogP contribution is -2.50. The molecule has 0 aromatic heterocycles. The van der Waals surface area contributed by atoms with Crippen molar-refractivity contribution in [2.75, 3.05) is 32.7 Å². The van der Waals surface area contributed by atoms with Crippen molar-refractivity contribution < 1.29 is 19.1 Å². The van der Waals surface area contributed by atoms with Crippen molar-refractivity contribution in [2.24, 2.45) is 0 Å². The summed E-state index contributed by atoms with van der Waals surface area (Å²) in [5, 5.41) is 12.4. The summed E-state index contributed by atoms with van der Waals surface area (Å²) in [5.74, 6) is 0.455. The van der Waals surface area contributed by atoms with E-state index >= 15 is 0 Å². The second-order valence-electron chi connectivity index (χ2n) is 10.1. The summed E-state index contributed by atoms with van der Waals surface area (Å²) in [4.78, 5) is 29.4. The fourth-order valence-corrected chi connectivity index (χ4v) is 5.52. The van der Waals surface area contributed by atoms with E-state index in [0.717, 1.165) is 42.5 Å². The minimum atomic E-state index is -0.254. The van der Waals surface area contributed by atoms with Crippen LogP contribution in [-0.2, 0) is 14.3 Å². The molecule has 9 heteroatoms. The normalized spacial score (nSPS) is 23.1. The molecule has 36 heavy (non-hydrogen) atoms. The van der Waals surface area contributed by atoms with Crippen LogP contribution in [-0.4, -0.2) is 78.4 Å². The van der Waals surface area contributed by atoms with Crippen molar-refractivity contribution in [2.45, 2.75) is 71.2 Å². The Kier molecular flexibility index (Phi) is 8.57. The third kappa shape index (κ3) is 6.40. The van der Waals surface area contributed by atoms with Crippen molar-refractivity contribution in [3.05, 3.63) is 40.1 Å². The van der Waals surface area contributed by atoms with Gasteiger partial charge in [0, 0.05) is 50.3 Å². The lowest BCUT2D eigenvalue weighted by Gasteiger charge is -2.35. The standard InChI is InChI=1S/C27H37ClN4O4/c1-17-7-8-24(22(28)13-17)36-20-9-11-31(12-10-20)25(33)14-30-23-6-4-5-21(23)26(29)27(34)32-15-18(2)35-19(3)16-32/h7-8,13,18-20,29-30H,4-6,9-12,14-16H2,1-3H3/t18-,19+. The number of halogens is 1. The second kappa shape index (κ2) is 11.6. The van der Waals surface area contributed by atoms with Crippen LogP contribution in [0.3, 0.4) is 0 Å². The van der Waals surface area contributed by atoms with Gasteiger partial charge in [0.1, 0.15) is 17.6 Å². The summed E-state index contributed by atoms with van der Waals surface area (Å²) < 4.78 is 11.8. The molecule has 0 spiro atoms. The van der Waals surface area contributed by atoms with Gasteiger partial charge in [-0.2, -0.15) is 0 Å². The molecule has 2 atom stereocenters. The topological polar surface area (TPSA) is 95.0 Å². The van der Waals surface area contributed by atoms with Gasteiger partial charge in [0.25, 0.3) is 5.91 Å². The molecule has 2 aliphatic heterocycles. The number of rotatable bonds is 7. The number of morpholine rings is 1. The zero-order valence-electron chi connectivity index (χ0n) is 21.4. The van der Waals surface area contributed by atoms with Gasteiger partial charge in [-0.1, -0.05) is 17.7 Å². The number of nitrogens with zero attached hydrogens (tertiary/aromatic N) is 2. The van der Waals surface area contributed by atoms with Crippen LogP contribution in [0, 0.1) is 12.3 Å². The highest BCUT2D eigenvalue weighted by atomic mass is 35.5. The van der Waals surface area contributed by atoms with E-state index in [4.69, 9.17) is 26.5 Å². The third-order valence-electron chi connectivity index (χ3n) is 7.07. The van der Waals surface area contributed by atoms with E-state index < -0.39 is 0 Å². The smallest absolute Gasteiger partial charge is 0.272 e. The van der Waals surface area contributed by atoms with Crippen LogP contribution in [0.4, 0.5) is 0 Å². The number of amides is 2. The number of benzene rings is 1. The van der Waals surface area contributed by atoms with Crippen molar-refractivity contribution in [3.63, 3.8) is 0 Å². The van der Waals surface area contributed by atoms with Crippen LogP contribution < -0.4 is 10.1 Å². The van der Waals surface area contributed by atoms with Crippen LogP contribution in [0.25, 0.3) is 0 Å². The van der Waals surface area contributed by atoms with E-state index in [-0.39, 0.29) is 42.4 Å². The summed E-state index contributed by atoms with van der Waals surface area (Å²) >= 11 is 6.30. The Labute approximate surface area is 218 Å². The van der Waals surface area contributed by atoms with Crippen molar-refractivity contribution in [1.29, 1.82) is 5.41 Å². The average molecular weight is 517 g/mol. The zero-order chi connectivity index (χ0) is 25.8. The van der Waals surface area contributed by atoms with Gasteiger partial charge in [-0.15, -0.1) is 0 Å². The molecule has 196 valence electrons. The van der Waals surface area contributed by atoms with Crippen LogP contribution in [0.2, 0.25) is 5.02 Å². The van der Waals surface area contributed by atoms with Gasteiger partial charge < -0.3 is 24.6 Å². The predicted octanol–water partition coefficient (Wildman–Crippen LogP) is 3.70. The Bertz CT molecular complexity index is 1020. The Morgan fingerprint density at radius 1 is 1.14 bits per heavy atom. The Morgan fingerprint density at radius 3 is 2.50 bits per heavy atom. The number of carbonyl (C=O) groups excluding carboxylic acids is 2. The van der Waals surface area contributed by atoms with Crippen molar-refractivity contribution >= 4 is 29.1 Å². The number of nitrogens with one attached hydrogen (secondary N) is 2.